The van der Waals surface area contributed by atoms with E-state index < -0.39 is 14.9 Å². The van der Waals surface area contributed by atoms with Gasteiger partial charge in [-0.25, -0.2) is 8.42 Å². The van der Waals surface area contributed by atoms with Gasteiger partial charge in [0.1, 0.15) is 0 Å². The van der Waals surface area contributed by atoms with Crippen molar-refractivity contribution in [2.45, 2.75) is 4.90 Å². The lowest BCUT2D eigenvalue weighted by Gasteiger charge is -2.19. The van der Waals surface area contributed by atoms with E-state index in [0.717, 1.165) is 8.78 Å². The van der Waals surface area contributed by atoms with Crippen LogP contribution in [0.1, 0.15) is 0 Å². The molecule has 0 radical (unpaired) electrons. The van der Waals surface area contributed by atoms with E-state index in [0.29, 0.717) is 0 Å². The second kappa shape index (κ2) is 5.82. The van der Waals surface area contributed by atoms with Gasteiger partial charge < -0.3 is 0 Å². The molecule has 0 unspecified atom stereocenters. The molecule has 0 aliphatic heterocycles. The van der Waals surface area contributed by atoms with Crippen LogP contribution in [0.5, 0.6) is 0 Å². The summed E-state index contributed by atoms with van der Waals surface area (Å²) < 4.78 is 26.7. The highest BCUT2D eigenvalue weighted by Crippen LogP contribution is 2.26. The number of nitro groups is 1. The first kappa shape index (κ1) is 15.5. The third-order valence-corrected chi connectivity index (χ3v) is 5.20. The summed E-state index contributed by atoms with van der Waals surface area (Å²) in [5, 5.41) is 10.8. The molecule has 8 heteroatoms. The fraction of sp³-hybridized carbons (Fsp3) is 0.0769. The molecule has 0 saturated heterocycles. The molecule has 0 aliphatic rings. The van der Waals surface area contributed by atoms with E-state index in [-0.39, 0.29) is 16.3 Å². The van der Waals surface area contributed by atoms with Crippen molar-refractivity contribution in [1.29, 1.82) is 0 Å². The lowest BCUT2D eigenvalue weighted by Crippen LogP contribution is -2.26. The predicted molar refractivity (Wildman–Crippen MR) is 82.8 cm³/mol. The van der Waals surface area contributed by atoms with E-state index in [2.05, 4.69) is 15.9 Å². The van der Waals surface area contributed by atoms with E-state index >= 15 is 0 Å². The third-order valence-electron chi connectivity index (χ3n) is 2.88. The van der Waals surface area contributed by atoms with Gasteiger partial charge in [-0.2, -0.15) is 0 Å². The van der Waals surface area contributed by atoms with E-state index in [1.165, 1.54) is 43.4 Å². The zero-order chi connectivity index (χ0) is 15.6. The number of halogens is 1. The number of hydrogen-bond acceptors (Lipinski definition) is 4. The Hall–Kier alpha value is -1.93. The van der Waals surface area contributed by atoms with E-state index in [9.17, 15) is 18.5 Å². The summed E-state index contributed by atoms with van der Waals surface area (Å²) in [4.78, 5) is 10.3. The number of non-ortho nitro benzene ring substituents is 1. The first-order valence-corrected chi connectivity index (χ1v) is 8.04. The Morgan fingerprint density at radius 2 is 1.76 bits per heavy atom. The zero-order valence-corrected chi connectivity index (χ0v) is 13.3. The second-order valence-corrected chi connectivity index (χ2v) is 7.09. The van der Waals surface area contributed by atoms with Crippen molar-refractivity contribution < 1.29 is 13.3 Å². The first-order chi connectivity index (χ1) is 9.82. The average Bonchev–Trinajstić information content (AvgIpc) is 2.47. The fourth-order valence-corrected chi connectivity index (χ4v) is 3.16. The quantitative estimate of drug-likeness (QED) is 0.611. The second-order valence-electron chi connectivity index (χ2n) is 4.20. The highest BCUT2D eigenvalue weighted by Gasteiger charge is 2.22. The first-order valence-electron chi connectivity index (χ1n) is 5.81. The van der Waals surface area contributed by atoms with Gasteiger partial charge in [0.2, 0.25) is 0 Å². The van der Waals surface area contributed by atoms with Gasteiger partial charge in [0.15, 0.2) is 0 Å². The maximum absolute atomic E-state index is 12.5. The lowest BCUT2D eigenvalue weighted by molar-refractivity contribution is -0.384. The van der Waals surface area contributed by atoms with Gasteiger partial charge in [0, 0.05) is 23.7 Å². The van der Waals surface area contributed by atoms with Crippen molar-refractivity contribution >= 4 is 37.3 Å². The largest absolute Gasteiger partial charge is 0.271 e. The number of nitro benzene ring substituents is 1. The number of anilines is 1. The Bertz CT molecular complexity index is 775. The van der Waals surface area contributed by atoms with Crippen LogP contribution in [0.2, 0.25) is 0 Å². The maximum Gasteiger partial charge on any atom is 0.271 e. The standard InChI is InChI=1S/C13H11BrN2O4S/c1-15(11-3-2-4-12(9-11)16(17)18)21(19,20)13-7-5-10(14)6-8-13/h2-9H,1H3. The van der Waals surface area contributed by atoms with Crippen LogP contribution >= 0.6 is 15.9 Å². The van der Waals surface area contributed by atoms with Crippen LogP contribution in [0.4, 0.5) is 11.4 Å². The molecule has 2 rings (SSSR count). The SMILES string of the molecule is CN(c1cccc([N+](=O)[O-])c1)S(=O)(=O)c1ccc(Br)cc1. The zero-order valence-electron chi connectivity index (χ0n) is 10.9. The molecule has 0 bridgehead atoms. The highest BCUT2D eigenvalue weighted by molar-refractivity contribution is 9.10. The molecule has 0 saturated carbocycles. The maximum atomic E-state index is 12.5. The van der Waals surface area contributed by atoms with Gasteiger partial charge in [-0.1, -0.05) is 22.0 Å². The van der Waals surface area contributed by atoms with E-state index in [4.69, 9.17) is 0 Å². The van der Waals surface area contributed by atoms with Crippen molar-refractivity contribution in [3.63, 3.8) is 0 Å². The Labute approximate surface area is 130 Å². The molecule has 0 amide bonds. The molecule has 0 atom stereocenters. The molecule has 2 aromatic carbocycles. The highest BCUT2D eigenvalue weighted by atomic mass is 79.9. The number of rotatable bonds is 4. The van der Waals surface area contributed by atoms with Crippen LogP contribution in [-0.4, -0.2) is 20.4 Å². The average molecular weight is 371 g/mol. The monoisotopic (exact) mass is 370 g/mol. The van der Waals surface area contributed by atoms with Crippen LogP contribution in [0.15, 0.2) is 57.9 Å². The Morgan fingerprint density at radius 3 is 2.33 bits per heavy atom. The van der Waals surface area contributed by atoms with Gasteiger partial charge >= 0.3 is 0 Å². The van der Waals surface area contributed by atoms with Crippen molar-refractivity contribution in [3.8, 4) is 0 Å². The summed E-state index contributed by atoms with van der Waals surface area (Å²) in [6.07, 6.45) is 0. The van der Waals surface area contributed by atoms with Crippen LogP contribution in [0.3, 0.4) is 0 Å². The van der Waals surface area contributed by atoms with Gasteiger partial charge in [0.25, 0.3) is 15.7 Å². The number of sulfonamides is 1. The number of benzene rings is 2. The molecular weight excluding hydrogens is 360 g/mol. The molecule has 0 aromatic heterocycles. The van der Waals surface area contributed by atoms with E-state index in [1.54, 1.807) is 12.1 Å². The normalized spacial score (nSPS) is 11.1. The molecule has 0 spiro atoms. The van der Waals surface area contributed by atoms with Crippen LogP contribution in [0, 0.1) is 10.1 Å². The van der Waals surface area contributed by atoms with Gasteiger partial charge in [-0.05, 0) is 30.3 Å². The summed E-state index contributed by atoms with van der Waals surface area (Å²) in [7, 11) is -2.40. The fourth-order valence-electron chi connectivity index (χ4n) is 1.71. The minimum absolute atomic E-state index is 0.111. The number of hydrogen-bond donors (Lipinski definition) is 0. The molecule has 21 heavy (non-hydrogen) atoms. The Balaban J connectivity index is 2.43. The van der Waals surface area contributed by atoms with Crippen molar-refractivity contribution in [1.82, 2.24) is 0 Å². The molecule has 0 N–H and O–H groups in total. The van der Waals surface area contributed by atoms with Crippen molar-refractivity contribution in [3.05, 3.63) is 63.1 Å². The minimum Gasteiger partial charge on any atom is -0.269 e. The summed E-state index contributed by atoms with van der Waals surface area (Å²) >= 11 is 3.24. The van der Waals surface area contributed by atoms with Crippen LogP contribution in [-0.2, 0) is 10.0 Å². The van der Waals surface area contributed by atoms with Crippen LogP contribution in [0.25, 0.3) is 0 Å². The van der Waals surface area contributed by atoms with Gasteiger partial charge in [-0.3, -0.25) is 14.4 Å². The van der Waals surface area contributed by atoms with Crippen molar-refractivity contribution in [2.75, 3.05) is 11.4 Å². The van der Waals surface area contributed by atoms with Crippen molar-refractivity contribution in [2.24, 2.45) is 0 Å². The molecule has 0 heterocycles. The Morgan fingerprint density at radius 1 is 1.14 bits per heavy atom. The molecule has 0 fully saturated rings. The molecule has 6 nitrogen and oxygen atoms in total. The van der Waals surface area contributed by atoms with Gasteiger partial charge in [0.05, 0.1) is 15.5 Å². The smallest absolute Gasteiger partial charge is 0.269 e. The molecule has 110 valence electrons. The number of nitrogens with zero attached hydrogens (tertiary/aromatic N) is 2. The summed E-state index contributed by atoms with van der Waals surface area (Å²) in [5.41, 5.74) is 0.0671. The molecular formula is C13H11BrN2O4S. The summed E-state index contributed by atoms with van der Waals surface area (Å²) in [6, 6.07) is 11.6. The predicted octanol–water partition coefficient (Wildman–Crippen LogP) is 3.18. The van der Waals surface area contributed by atoms with Crippen LogP contribution < -0.4 is 4.31 Å². The third kappa shape index (κ3) is 3.22. The van der Waals surface area contributed by atoms with Gasteiger partial charge in [-0.15, -0.1) is 0 Å². The summed E-state index contributed by atoms with van der Waals surface area (Å²) in [5.74, 6) is 0. The minimum atomic E-state index is -3.76. The topological polar surface area (TPSA) is 80.5 Å². The molecule has 2 aromatic rings. The summed E-state index contributed by atoms with van der Waals surface area (Å²) in [6.45, 7) is 0. The molecule has 0 aliphatic carbocycles. The Kier molecular flexibility index (Phi) is 4.29. The lowest BCUT2D eigenvalue weighted by atomic mass is 10.3. The van der Waals surface area contributed by atoms with E-state index in [1.807, 2.05) is 0 Å².